The Bertz CT molecular complexity index is 716. The summed E-state index contributed by atoms with van der Waals surface area (Å²) < 4.78 is 1.04. The first-order chi connectivity index (χ1) is 10.7. The van der Waals surface area contributed by atoms with E-state index in [0.29, 0.717) is 11.1 Å². The van der Waals surface area contributed by atoms with Crippen LogP contribution in [0.25, 0.3) is 0 Å². The first-order valence-corrected chi connectivity index (χ1v) is 8.05. The number of amides is 1. The van der Waals surface area contributed by atoms with E-state index in [4.69, 9.17) is 5.26 Å². The Morgan fingerprint density at radius 2 is 1.82 bits per heavy atom. The SMILES string of the molecule is N#Cc1ccc(C(=O)N2CCCC2c2ccc(Br)cc2)cc1. The zero-order valence-electron chi connectivity index (χ0n) is 12.0. The molecule has 1 aliphatic heterocycles. The molecule has 1 aliphatic rings. The third-order valence-electron chi connectivity index (χ3n) is 4.03. The van der Waals surface area contributed by atoms with Crippen LogP contribution in [0.2, 0.25) is 0 Å². The minimum Gasteiger partial charge on any atom is -0.332 e. The molecule has 0 bridgehead atoms. The maximum absolute atomic E-state index is 12.7. The number of nitriles is 1. The van der Waals surface area contributed by atoms with E-state index >= 15 is 0 Å². The molecule has 1 fully saturated rings. The van der Waals surface area contributed by atoms with E-state index in [1.165, 1.54) is 5.56 Å². The Morgan fingerprint density at radius 3 is 2.45 bits per heavy atom. The van der Waals surface area contributed by atoms with Gasteiger partial charge in [0.1, 0.15) is 0 Å². The second-order valence-corrected chi connectivity index (χ2v) is 6.31. The predicted molar refractivity (Wildman–Crippen MR) is 88.3 cm³/mol. The van der Waals surface area contributed by atoms with Gasteiger partial charge in [-0.25, -0.2) is 0 Å². The van der Waals surface area contributed by atoms with Gasteiger partial charge in [-0.2, -0.15) is 5.26 Å². The zero-order valence-corrected chi connectivity index (χ0v) is 13.6. The molecule has 0 spiro atoms. The quantitative estimate of drug-likeness (QED) is 0.806. The molecule has 110 valence electrons. The highest BCUT2D eigenvalue weighted by Gasteiger charge is 2.30. The van der Waals surface area contributed by atoms with Crippen molar-refractivity contribution in [2.45, 2.75) is 18.9 Å². The lowest BCUT2D eigenvalue weighted by atomic mass is 10.0. The minimum absolute atomic E-state index is 0.0370. The van der Waals surface area contributed by atoms with E-state index in [0.717, 1.165) is 23.9 Å². The number of halogens is 1. The number of benzene rings is 2. The van der Waals surface area contributed by atoms with Crippen molar-refractivity contribution < 1.29 is 4.79 Å². The van der Waals surface area contributed by atoms with Gasteiger partial charge < -0.3 is 4.90 Å². The van der Waals surface area contributed by atoms with Crippen molar-refractivity contribution in [2.24, 2.45) is 0 Å². The molecule has 1 unspecified atom stereocenters. The highest BCUT2D eigenvalue weighted by Crippen LogP contribution is 2.33. The second-order valence-electron chi connectivity index (χ2n) is 5.40. The summed E-state index contributed by atoms with van der Waals surface area (Å²) in [6.07, 6.45) is 2.01. The fourth-order valence-corrected chi connectivity index (χ4v) is 3.16. The molecule has 2 aromatic carbocycles. The van der Waals surface area contributed by atoms with Crippen LogP contribution in [0.3, 0.4) is 0 Å². The highest BCUT2D eigenvalue weighted by molar-refractivity contribution is 9.10. The number of likely N-dealkylation sites (tertiary alicyclic amines) is 1. The van der Waals surface area contributed by atoms with Crippen LogP contribution in [0.4, 0.5) is 0 Å². The van der Waals surface area contributed by atoms with Gasteiger partial charge in [-0.1, -0.05) is 28.1 Å². The van der Waals surface area contributed by atoms with Crippen molar-refractivity contribution in [2.75, 3.05) is 6.54 Å². The maximum Gasteiger partial charge on any atom is 0.254 e. The highest BCUT2D eigenvalue weighted by atomic mass is 79.9. The van der Waals surface area contributed by atoms with Crippen LogP contribution in [0.1, 0.15) is 40.4 Å². The topological polar surface area (TPSA) is 44.1 Å². The molecular formula is C18H15BrN2O. The molecule has 2 aromatic rings. The number of hydrogen-bond donors (Lipinski definition) is 0. The molecule has 3 rings (SSSR count). The van der Waals surface area contributed by atoms with Crippen molar-refractivity contribution in [3.05, 3.63) is 69.7 Å². The molecule has 3 nitrogen and oxygen atoms in total. The van der Waals surface area contributed by atoms with E-state index in [9.17, 15) is 4.79 Å². The summed E-state index contributed by atoms with van der Waals surface area (Å²) in [4.78, 5) is 14.7. The smallest absolute Gasteiger partial charge is 0.254 e. The number of rotatable bonds is 2. The molecule has 22 heavy (non-hydrogen) atoms. The summed E-state index contributed by atoms with van der Waals surface area (Å²) in [5.41, 5.74) is 2.38. The van der Waals surface area contributed by atoms with E-state index < -0.39 is 0 Å². The third kappa shape index (κ3) is 2.90. The first-order valence-electron chi connectivity index (χ1n) is 7.25. The molecule has 4 heteroatoms. The molecule has 0 radical (unpaired) electrons. The van der Waals surface area contributed by atoms with Crippen LogP contribution in [0, 0.1) is 11.3 Å². The molecule has 0 saturated carbocycles. The van der Waals surface area contributed by atoms with Gasteiger partial charge in [0.05, 0.1) is 17.7 Å². The summed E-state index contributed by atoms with van der Waals surface area (Å²) in [5.74, 6) is 0.0370. The normalized spacial score (nSPS) is 17.3. The van der Waals surface area contributed by atoms with Crippen molar-refractivity contribution in [1.29, 1.82) is 5.26 Å². The van der Waals surface area contributed by atoms with Gasteiger partial charge in [0.15, 0.2) is 0 Å². The fraction of sp³-hybridized carbons (Fsp3) is 0.222. The minimum atomic E-state index is 0.0370. The van der Waals surface area contributed by atoms with Crippen LogP contribution < -0.4 is 0 Å². The lowest BCUT2D eigenvalue weighted by Gasteiger charge is -2.25. The van der Waals surface area contributed by atoms with Gasteiger partial charge in [0.2, 0.25) is 0 Å². The monoisotopic (exact) mass is 354 g/mol. The molecule has 0 aliphatic carbocycles. The Kier molecular flexibility index (Phi) is 4.26. The summed E-state index contributed by atoms with van der Waals surface area (Å²) in [7, 11) is 0. The van der Waals surface area contributed by atoms with Crippen LogP contribution in [-0.2, 0) is 0 Å². The fourth-order valence-electron chi connectivity index (χ4n) is 2.89. The third-order valence-corrected chi connectivity index (χ3v) is 4.56. The van der Waals surface area contributed by atoms with Crippen LogP contribution in [0.15, 0.2) is 53.0 Å². The number of carbonyl (C=O) groups excluding carboxylic acids is 1. The van der Waals surface area contributed by atoms with Crippen LogP contribution >= 0.6 is 15.9 Å². The summed E-state index contributed by atoms with van der Waals surface area (Å²) in [6.45, 7) is 0.777. The van der Waals surface area contributed by atoms with Crippen molar-refractivity contribution in [3.8, 4) is 6.07 Å². The standard InChI is InChI=1S/C18H15BrN2O/c19-16-9-7-14(8-10-16)17-2-1-11-21(17)18(22)15-5-3-13(12-20)4-6-15/h3-10,17H,1-2,11H2. The van der Waals surface area contributed by atoms with Gasteiger partial charge in [0, 0.05) is 16.6 Å². The van der Waals surface area contributed by atoms with Gasteiger partial charge in [-0.3, -0.25) is 4.79 Å². The number of carbonyl (C=O) groups is 1. The van der Waals surface area contributed by atoms with E-state index in [2.05, 4.69) is 34.1 Å². The lowest BCUT2D eigenvalue weighted by molar-refractivity contribution is 0.0735. The van der Waals surface area contributed by atoms with E-state index in [-0.39, 0.29) is 11.9 Å². The van der Waals surface area contributed by atoms with E-state index in [1.54, 1.807) is 24.3 Å². The molecule has 0 N–H and O–H groups in total. The second kappa shape index (κ2) is 6.33. The molecule has 1 atom stereocenters. The lowest BCUT2D eigenvalue weighted by Crippen LogP contribution is -2.30. The van der Waals surface area contributed by atoms with Crippen molar-refractivity contribution in [3.63, 3.8) is 0 Å². The summed E-state index contributed by atoms with van der Waals surface area (Å²) in [5, 5.41) is 8.84. The molecule has 1 saturated heterocycles. The number of hydrogen-bond acceptors (Lipinski definition) is 2. The molecule has 1 heterocycles. The largest absolute Gasteiger partial charge is 0.332 e. The molecular weight excluding hydrogens is 340 g/mol. The van der Waals surface area contributed by atoms with Gasteiger partial charge >= 0.3 is 0 Å². The van der Waals surface area contributed by atoms with Crippen LogP contribution in [0.5, 0.6) is 0 Å². The Morgan fingerprint density at radius 1 is 1.14 bits per heavy atom. The average Bonchev–Trinajstić information content (AvgIpc) is 3.04. The van der Waals surface area contributed by atoms with Gasteiger partial charge in [-0.05, 0) is 54.8 Å². The predicted octanol–water partition coefficient (Wildman–Crippen LogP) is 4.30. The van der Waals surface area contributed by atoms with Crippen molar-refractivity contribution in [1.82, 2.24) is 4.90 Å². The number of nitrogens with zero attached hydrogens (tertiary/aromatic N) is 2. The Labute approximate surface area is 138 Å². The molecule has 0 aromatic heterocycles. The van der Waals surface area contributed by atoms with Gasteiger partial charge in [0.25, 0.3) is 5.91 Å². The Balaban J connectivity index is 1.84. The zero-order chi connectivity index (χ0) is 15.5. The van der Waals surface area contributed by atoms with E-state index in [1.807, 2.05) is 17.0 Å². The Hall–Kier alpha value is -2.12. The summed E-state index contributed by atoms with van der Waals surface area (Å²) >= 11 is 3.44. The first kappa shape index (κ1) is 14.8. The average molecular weight is 355 g/mol. The van der Waals surface area contributed by atoms with Gasteiger partial charge in [-0.15, -0.1) is 0 Å². The van der Waals surface area contributed by atoms with Crippen molar-refractivity contribution >= 4 is 21.8 Å². The molecule has 1 amide bonds. The summed E-state index contributed by atoms with van der Waals surface area (Å²) in [6, 6.07) is 17.2. The maximum atomic E-state index is 12.7. The van der Waals surface area contributed by atoms with Crippen LogP contribution in [-0.4, -0.2) is 17.4 Å².